The molecule has 0 aliphatic heterocycles. The van der Waals surface area contributed by atoms with E-state index in [4.69, 9.17) is 0 Å². The summed E-state index contributed by atoms with van der Waals surface area (Å²) >= 11 is 0. The van der Waals surface area contributed by atoms with Crippen LogP contribution in [0.4, 0.5) is 0 Å². The first-order chi connectivity index (χ1) is 16.6. The van der Waals surface area contributed by atoms with Gasteiger partial charge in [0.25, 0.3) is 0 Å². The molecule has 0 unspecified atom stereocenters. The van der Waals surface area contributed by atoms with Gasteiger partial charge in [0.05, 0.1) is 10.1 Å². The zero-order valence-corrected chi connectivity index (χ0v) is 27.0. The van der Waals surface area contributed by atoms with Crippen molar-refractivity contribution in [2.45, 2.75) is 187 Å². The van der Waals surface area contributed by atoms with E-state index in [9.17, 15) is 13.0 Å². The van der Waals surface area contributed by atoms with Gasteiger partial charge in [0.2, 0.25) is 0 Å². The summed E-state index contributed by atoms with van der Waals surface area (Å²) in [5, 5.41) is 0. The molecule has 0 amide bonds. The minimum atomic E-state index is -4.00. The van der Waals surface area contributed by atoms with Crippen LogP contribution in [-0.2, 0) is 10.1 Å². The van der Waals surface area contributed by atoms with Crippen LogP contribution in [0.15, 0.2) is 0 Å². The molecule has 0 aromatic heterocycles. The Morgan fingerprint density at radius 3 is 0.714 bits per heavy atom. The largest absolute Gasteiger partial charge is 1.00 e. The molecular formula is C30H61NaO3S. The van der Waals surface area contributed by atoms with E-state index in [1.54, 1.807) is 0 Å². The van der Waals surface area contributed by atoms with Gasteiger partial charge < -0.3 is 4.55 Å². The fourth-order valence-corrected chi connectivity index (χ4v) is 5.51. The van der Waals surface area contributed by atoms with Gasteiger partial charge in [-0.1, -0.05) is 180 Å². The Labute approximate surface area is 243 Å². The maximum Gasteiger partial charge on any atom is 1.00 e. The van der Waals surface area contributed by atoms with Gasteiger partial charge in [-0.2, -0.15) is 0 Å². The molecule has 0 saturated carbocycles. The molecule has 0 N–H and O–H groups in total. The quantitative estimate of drug-likeness (QED) is 0.0579. The molecule has 0 aromatic rings. The molecule has 206 valence electrons. The average molecular weight is 525 g/mol. The van der Waals surface area contributed by atoms with E-state index in [-0.39, 0.29) is 35.3 Å². The second-order valence-electron chi connectivity index (χ2n) is 10.8. The van der Waals surface area contributed by atoms with Crippen LogP contribution in [-0.4, -0.2) is 18.7 Å². The topological polar surface area (TPSA) is 57.2 Å². The van der Waals surface area contributed by atoms with Crippen molar-refractivity contribution in [2.24, 2.45) is 0 Å². The summed E-state index contributed by atoms with van der Waals surface area (Å²) in [6, 6.07) is 0. The van der Waals surface area contributed by atoms with Crippen molar-refractivity contribution in [1.82, 2.24) is 0 Å². The first-order valence-electron chi connectivity index (χ1n) is 15.5. The first-order valence-corrected chi connectivity index (χ1v) is 17.1. The standard InChI is InChI=1S/C30H62O3S.Na/c1-2-3-4-5-6-7-8-9-10-11-12-13-14-15-16-17-18-19-20-21-22-23-24-25-26-27-28-29-30-34(31,32)33;/h2-30H2,1H3,(H,31,32,33);/q;+1/p-1. The molecule has 3 nitrogen and oxygen atoms in total. The molecule has 0 saturated heterocycles. The van der Waals surface area contributed by atoms with Gasteiger partial charge in [-0.3, -0.25) is 0 Å². The maximum absolute atomic E-state index is 10.5. The summed E-state index contributed by atoms with van der Waals surface area (Å²) in [7, 11) is -4.00. The summed E-state index contributed by atoms with van der Waals surface area (Å²) in [4.78, 5) is 0. The van der Waals surface area contributed by atoms with Gasteiger partial charge in [-0.05, 0) is 6.42 Å². The molecule has 0 heterocycles. The SMILES string of the molecule is CCCCCCCCCCCCCCCCCCCCCCCCCCCCCCS(=O)(=O)[O-].[Na+]. The van der Waals surface area contributed by atoms with Crippen molar-refractivity contribution >= 4 is 10.1 Å². The van der Waals surface area contributed by atoms with Crippen LogP contribution in [0.1, 0.15) is 187 Å². The molecule has 35 heavy (non-hydrogen) atoms. The van der Waals surface area contributed by atoms with Crippen molar-refractivity contribution in [3.8, 4) is 0 Å². The Balaban J connectivity index is 0. The fourth-order valence-electron chi connectivity index (χ4n) is 4.95. The Morgan fingerprint density at radius 2 is 0.543 bits per heavy atom. The van der Waals surface area contributed by atoms with Crippen molar-refractivity contribution in [3.05, 3.63) is 0 Å². The van der Waals surface area contributed by atoms with Crippen molar-refractivity contribution in [3.63, 3.8) is 0 Å². The van der Waals surface area contributed by atoms with Crippen LogP contribution in [0.3, 0.4) is 0 Å². The molecule has 0 atom stereocenters. The van der Waals surface area contributed by atoms with E-state index in [0.29, 0.717) is 6.42 Å². The monoisotopic (exact) mass is 524 g/mol. The van der Waals surface area contributed by atoms with E-state index in [0.717, 1.165) is 12.8 Å². The molecular weight excluding hydrogens is 463 g/mol. The van der Waals surface area contributed by atoms with Crippen LogP contribution in [0, 0.1) is 0 Å². The van der Waals surface area contributed by atoms with Crippen LogP contribution in [0.5, 0.6) is 0 Å². The second-order valence-corrected chi connectivity index (χ2v) is 12.3. The van der Waals surface area contributed by atoms with Crippen LogP contribution in [0.25, 0.3) is 0 Å². The number of hydrogen-bond acceptors (Lipinski definition) is 3. The van der Waals surface area contributed by atoms with Gasteiger partial charge in [0, 0.05) is 5.75 Å². The zero-order chi connectivity index (χ0) is 25.0. The Kier molecular flexibility index (Phi) is 33.9. The molecule has 5 heteroatoms. The minimum absolute atomic E-state index is 0. The number of rotatable bonds is 29. The summed E-state index contributed by atoms with van der Waals surface area (Å²) in [5.41, 5.74) is 0. The molecule has 0 aromatic carbocycles. The third-order valence-corrected chi connectivity index (χ3v) is 8.04. The van der Waals surface area contributed by atoms with E-state index in [2.05, 4.69) is 6.92 Å². The molecule has 0 spiro atoms. The van der Waals surface area contributed by atoms with E-state index in [1.807, 2.05) is 0 Å². The summed E-state index contributed by atoms with van der Waals surface area (Å²) in [6.45, 7) is 2.29. The predicted molar refractivity (Wildman–Crippen MR) is 150 cm³/mol. The average Bonchev–Trinajstić information content (AvgIpc) is 2.80. The fraction of sp³-hybridized carbons (Fsp3) is 1.00. The summed E-state index contributed by atoms with van der Waals surface area (Å²) in [6.07, 6.45) is 37.7. The Hall–Kier alpha value is 0.910. The third-order valence-electron chi connectivity index (χ3n) is 7.25. The van der Waals surface area contributed by atoms with Crippen LogP contribution >= 0.6 is 0 Å². The minimum Gasteiger partial charge on any atom is -0.748 e. The van der Waals surface area contributed by atoms with E-state index >= 15 is 0 Å². The van der Waals surface area contributed by atoms with Crippen molar-refractivity contribution in [2.75, 3.05) is 5.75 Å². The Bertz CT molecular complexity index is 482. The third kappa shape index (κ3) is 37.1. The normalized spacial score (nSPS) is 11.6. The van der Waals surface area contributed by atoms with E-state index < -0.39 is 10.1 Å². The zero-order valence-electron chi connectivity index (χ0n) is 24.1. The van der Waals surface area contributed by atoms with E-state index in [1.165, 1.54) is 161 Å². The van der Waals surface area contributed by atoms with Crippen molar-refractivity contribution < 1.29 is 42.5 Å². The number of hydrogen-bond donors (Lipinski definition) is 0. The second kappa shape index (κ2) is 31.1. The number of unbranched alkanes of at least 4 members (excludes halogenated alkanes) is 27. The summed E-state index contributed by atoms with van der Waals surface area (Å²) in [5.74, 6) is -0.188. The smallest absolute Gasteiger partial charge is 0.748 e. The Morgan fingerprint density at radius 1 is 0.371 bits per heavy atom. The maximum atomic E-state index is 10.5. The van der Waals surface area contributed by atoms with Crippen LogP contribution < -0.4 is 29.6 Å². The van der Waals surface area contributed by atoms with Gasteiger partial charge >= 0.3 is 29.6 Å². The first kappa shape index (κ1) is 38.1. The molecule has 0 aliphatic rings. The van der Waals surface area contributed by atoms with Gasteiger partial charge in [0.1, 0.15) is 0 Å². The molecule has 0 bridgehead atoms. The molecule has 0 fully saturated rings. The molecule has 0 radical (unpaired) electrons. The predicted octanol–water partition coefficient (Wildman–Crippen LogP) is 7.48. The van der Waals surface area contributed by atoms with Gasteiger partial charge in [-0.25, -0.2) is 8.42 Å². The molecule has 0 aliphatic carbocycles. The van der Waals surface area contributed by atoms with Gasteiger partial charge in [0.15, 0.2) is 0 Å². The summed E-state index contributed by atoms with van der Waals surface area (Å²) < 4.78 is 31.6. The van der Waals surface area contributed by atoms with Crippen LogP contribution in [0.2, 0.25) is 0 Å². The molecule has 0 rings (SSSR count). The van der Waals surface area contributed by atoms with Gasteiger partial charge in [-0.15, -0.1) is 0 Å². The van der Waals surface area contributed by atoms with Crippen molar-refractivity contribution in [1.29, 1.82) is 0 Å².